The van der Waals surface area contributed by atoms with Crippen molar-refractivity contribution in [3.05, 3.63) is 51.0 Å². The minimum Gasteiger partial charge on any atom is -0.458 e. The van der Waals surface area contributed by atoms with E-state index in [-0.39, 0.29) is 29.0 Å². The van der Waals surface area contributed by atoms with Gasteiger partial charge in [-0.2, -0.15) is 0 Å². The highest BCUT2D eigenvalue weighted by molar-refractivity contribution is 7.14. The maximum atomic E-state index is 13.3. The van der Waals surface area contributed by atoms with Crippen LogP contribution in [0.25, 0.3) is 0 Å². The minimum atomic E-state index is -1.78. The van der Waals surface area contributed by atoms with Crippen LogP contribution < -0.4 is 21.3 Å². The third-order valence-corrected chi connectivity index (χ3v) is 7.00. The molecule has 4 N–H and O–H groups in total. The van der Waals surface area contributed by atoms with Crippen LogP contribution in [-0.2, 0) is 44.9 Å². The van der Waals surface area contributed by atoms with Crippen molar-refractivity contribution in [3.63, 3.8) is 0 Å². The fourth-order valence-electron chi connectivity index (χ4n) is 3.34. The van der Waals surface area contributed by atoms with Gasteiger partial charge >= 0.3 is 12.1 Å². The molecule has 1 fully saturated rings. The molecule has 21 heteroatoms. The van der Waals surface area contributed by atoms with Crippen molar-refractivity contribution in [2.75, 3.05) is 23.7 Å². The molecule has 1 aliphatic heterocycles. The highest BCUT2D eigenvalue weighted by Gasteiger charge is 2.42. The predicted molar refractivity (Wildman–Crippen MR) is 160 cm³/mol. The van der Waals surface area contributed by atoms with E-state index >= 15 is 0 Å². The van der Waals surface area contributed by atoms with Crippen LogP contribution in [0.5, 0.6) is 0 Å². The summed E-state index contributed by atoms with van der Waals surface area (Å²) >= 11 is 11.7. The van der Waals surface area contributed by atoms with E-state index in [9.17, 15) is 38.9 Å². The van der Waals surface area contributed by atoms with Crippen molar-refractivity contribution >= 4 is 86.8 Å². The molecule has 0 bridgehead atoms. The molecular weight excluding hydrogens is 677 g/mol. The Morgan fingerprint density at radius 3 is 2.39 bits per heavy atom. The molecule has 1 aliphatic rings. The molecule has 2 aromatic rings. The average Bonchev–Trinajstić information content (AvgIpc) is 3.48. The van der Waals surface area contributed by atoms with E-state index in [1.807, 2.05) is 5.32 Å². The summed E-state index contributed by atoms with van der Waals surface area (Å²) < 4.78 is 10.1. The molecule has 2 atom stereocenters. The van der Waals surface area contributed by atoms with Crippen LogP contribution in [0, 0.1) is 10.1 Å². The number of aromatic nitrogens is 1. The Morgan fingerprint density at radius 2 is 1.78 bits per heavy atom. The summed E-state index contributed by atoms with van der Waals surface area (Å²) in [6.45, 7) is 1.91. The number of oxime groups is 1. The number of alkyl halides is 2. The van der Waals surface area contributed by atoms with E-state index in [1.54, 1.807) is 0 Å². The maximum absolute atomic E-state index is 13.3. The SMILES string of the molecule is CC(C)(O/N=C(\C(=O)N[C@H]1C(=O)N[C@H]1COC(=O)NC(=O)CCl)c1csc(NC(=O)CCl)n1)C(=O)OCc1ccc([N+](=O)[O-])cc1. The number of ether oxygens (including phenoxy) is 2. The Labute approximate surface area is 273 Å². The van der Waals surface area contributed by atoms with Gasteiger partial charge in [0.05, 0.1) is 11.0 Å². The van der Waals surface area contributed by atoms with Gasteiger partial charge in [0.25, 0.3) is 11.6 Å². The monoisotopic (exact) mass is 701 g/mol. The number of hydrogen-bond donors (Lipinski definition) is 4. The number of carbonyl (C=O) groups is 6. The number of nitro groups is 1. The maximum Gasteiger partial charge on any atom is 0.413 e. The molecule has 1 aromatic carbocycles. The number of nitrogens with one attached hydrogen (secondary N) is 4. The Hall–Kier alpha value is -4.88. The average molecular weight is 702 g/mol. The molecule has 1 aromatic heterocycles. The van der Waals surface area contributed by atoms with Crippen LogP contribution in [0.3, 0.4) is 0 Å². The zero-order valence-electron chi connectivity index (χ0n) is 23.9. The summed E-state index contributed by atoms with van der Waals surface area (Å²) in [5.41, 5.74) is -2.10. The van der Waals surface area contributed by atoms with Gasteiger partial charge in [-0.3, -0.25) is 34.6 Å². The highest BCUT2D eigenvalue weighted by atomic mass is 35.5. The molecule has 3 rings (SSSR count). The molecule has 0 radical (unpaired) electrons. The zero-order valence-corrected chi connectivity index (χ0v) is 26.2. The van der Waals surface area contributed by atoms with E-state index in [4.69, 9.17) is 37.5 Å². The van der Waals surface area contributed by atoms with Gasteiger partial charge in [0, 0.05) is 17.5 Å². The quantitative estimate of drug-likeness (QED) is 0.0537. The number of anilines is 1. The zero-order chi connectivity index (χ0) is 34.0. The fraction of sp³-hybridized carbons (Fsp3) is 0.360. The Morgan fingerprint density at radius 1 is 1.11 bits per heavy atom. The summed E-state index contributed by atoms with van der Waals surface area (Å²) in [7, 11) is 0. The number of thiazole rings is 1. The van der Waals surface area contributed by atoms with Gasteiger partial charge in [0.1, 0.15) is 36.7 Å². The first kappa shape index (κ1) is 35.6. The van der Waals surface area contributed by atoms with Crippen molar-refractivity contribution in [2.45, 2.75) is 38.1 Å². The van der Waals surface area contributed by atoms with Crippen LogP contribution in [0.2, 0.25) is 0 Å². The lowest BCUT2D eigenvalue weighted by molar-refractivity contribution is -0.384. The van der Waals surface area contributed by atoms with Gasteiger partial charge in [-0.05, 0) is 31.5 Å². The number of carbonyl (C=O) groups excluding carboxylic acids is 6. The lowest BCUT2D eigenvalue weighted by Gasteiger charge is -2.36. The van der Waals surface area contributed by atoms with Crippen molar-refractivity contribution in [1.82, 2.24) is 20.9 Å². The molecule has 0 saturated carbocycles. The Balaban J connectivity index is 1.74. The van der Waals surface area contributed by atoms with Gasteiger partial charge in [0.15, 0.2) is 10.8 Å². The van der Waals surface area contributed by atoms with Crippen LogP contribution in [0.15, 0.2) is 34.8 Å². The molecule has 0 aliphatic carbocycles. The smallest absolute Gasteiger partial charge is 0.413 e. The van der Waals surface area contributed by atoms with Crippen molar-refractivity contribution in [1.29, 1.82) is 0 Å². The van der Waals surface area contributed by atoms with Crippen molar-refractivity contribution in [3.8, 4) is 0 Å². The standard InChI is InChI=1S/C25H25Cl2N7O11S/c1-25(2,22(39)43-9-12-3-5-13(6-4-12)34(41)42)45-33-19(15-11-46-23(29-15)30-16(35)7-26)21(38)32-18-14(28-20(18)37)10-44-24(40)31-17(36)8-27/h3-6,11,14,18H,7-10H2,1-2H3,(H,28,37)(H,32,38)(H,29,30,35)(H,31,36,40)/b33-19-/t14-,18+/m0/s1. The van der Waals surface area contributed by atoms with Crippen LogP contribution in [0.4, 0.5) is 15.6 Å². The normalized spacial score (nSPS) is 15.8. The first-order valence-corrected chi connectivity index (χ1v) is 14.8. The van der Waals surface area contributed by atoms with Gasteiger partial charge in [-0.15, -0.1) is 34.5 Å². The molecular formula is C25H25Cl2N7O11S. The molecule has 18 nitrogen and oxygen atoms in total. The van der Waals surface area contributed by atoms with E-state index in [0.29, 0.717) is 5.56 Å². The summed E-state index contributed by atoms with van der Waals surface area (Å²) in [4.78, 5) is 92.7. The third-order valence-electron chi connectivity index (χ3n) is 5.76. The molecule has 246 valence electrons. The van der Waals surface area contributed by atoms with Crippen LogP contribution >= 0.6 is 34.5 Å². The largest absolute Gasteiger partial charge is 0.458 e. The number of halogens is 2. The number of benzene rings is 1. The molecule has 0 unspecified atom stereocenters. The number of non-ortho nitro benzene ring substituents is 1. The van der Waals surface area contributed by atoms with E-state index < -0.39 is 76.5 Å². The molecule has 1 saturated heterocycles. The predicted octanol–water partition coefficient (Wildman–Crippen LogP) is 0.946. The van der Waals surface area contributed by atoms with Gasteiger partial charge in [0.2, 0.25) is 23.3 Å². The Bertz CT molecular complexity index is 1550. The number of imide groups is 1. The lowest BCUT2D eigenvalue weighted by atomic mass is 9.99. The summed E-state index contributed by atoms with van der Waals surface area (Å²) in [5, 5.41) is 25.1. The summed E-state index contributed by atoms with van der Waals surface area (Å²) in [5.74, 6) is -4.79. The second kappa shape index (κ2) is 15.9. The minimum absolute atomic E-state index is 0.0492. The summed E-state index contributed by atoms with van der Waals surface area (Å²) in [6.07, 6.45) is -1.12. The number of amides is 5. The second-order valence-corrected chi connectivity index (χ2v) is 11.0. The van der Waals surface area contributed by atoms with Crippen LogP contribution in [-0.4, -0.2) is 87.4 Å². The third kappa shape index (κ3) is 9.81. The number of nitro benzene ring substituents is 1. The van der Waals surface area contributed by atoms with Gasteiger partial charge < -0.3 is 30.3 Å². The molecule has 0 spiro atoms. The summed E-state index contributed by atoms with van der Waals surface area (Å²) in [6, 6.07) is 3.19. The number of alkyl carbamates (subject to hydrolysis) is 1. The Kier molecular flexibility index (Phi) is 12.3. The molecule has 5 amide bonds. The van der Waals surface area contributed by atoms with Crippen LogP contribution in [0.1, 0.15) is 25.1 Å². The second-order valence-electron chi connectivity index (χ2n) is 9.61. The number of nitrogens with zero attached hydrogens (tertiary/aromatic N) is 3. The lowest BCUT2D eigenvalue weighted by Crippen LogP contribution is -2.71. The van der Waals surface area contributed by atoms with Crippen molar-refractivity contribution < 1.29 is 48.0 Å². The van der Waals surface area contributed by atoms with E-state index in [0.717, 1.165) is 11.3 Å². The first-order valence-electron chi connectivity index (χ1n) is 12.9. The number of β-lactam (4-membered cyclic amide) rings is 1. The molecule has 46 heavy (non-hydrogen) atoms. The van der Waals surface area contributed by atoms with Gasteiger partial charge in [-0.25, -0.2) is 14.6 Å². The molecule has 2 heterocycles. The van der Waals surface area contributed by atoms with Gasteiger partial charge in [-0.1, -0.05) is 5.16 Å². The first-order chi connectivity index (χ1) is 21.7. The van der Waals surface area contributed by atoms with Crippen molar-refractivity contribution in [2.24, 2.45) is 5.16 Å². The number of esters is 1. The number of rotatable bonds is 14. The van der Waals surface area contributed by atoms with E-state index in [2.05, 4.69) is 26.1 Å². The number of hydrogen-bond acceptors (Lipinski definition) is 14. The topological polar surface area (TPSA) is 247 Å². The fourth-order valence-corrected chi connectivity index (χ4v) is 4.18. The highest BCUT2D eigenvalue weighted by Crippen LogP contribution is 2.20. The van der Waals surface area contributed by atoms with E-state index in [1.165, 1.54) is 43.5 Å².